The van der Waals surface area contributed by atoms with Crippen molar-refractivity contribution in [2.24, 2.45) is 0 Å². The van der Waals surface area contributed by atoms with Crippen LogP contribution in [0, 0.1) is 0 Å². The first-order chi connectivity index (χ1) is 10.3. The molecule has 0 fully saturated rings. The minimum Gasteiger partial charge on any atom is -0.348 e. The maximum Gasteiger partial charge on any atom is 0.251 e. The molecule has 1 aromatic carbocycles. The number of rotatable bonds is 4. The molecule has 104 valence electrons. The van der Waals surface area contributed by atoms with Crippen LogP contribution in [0.5, 0.6) is 0 Å². The third-order valence-electron chi connectivity index (χ3n) is 3.02. The summed E-state index contributed by atoms with van der Waals surface area (Å²) in [7, 11) is 0. The number of carbonyl (C=O) groups excluding carboxylic acids is 1. The average molecular weight is 279 g/mol. The van der Waals surface area contributed by atoms with E-state index in [1.54, 1.807) is 35.5 Å². The van der Waals surface area contributed by atoms with Gasteiger partial charge in [-0.2, -0.15) is 5.10 Å². The maximum absolute atomic E-state index is 12.1. The fourth-order valence-electron chi connectivity index (χ4n) is 1.89. The van der Waals surface area contributed by atoms with Crippen molar-refractivity contribution in [3.8, 4) is 5.69 Å². The number of hydrogen-bond donors (Lipinski definition) is 1. The summed E-state index contributed by atoms with van der Waals surface area (Å²) in [6, 6.07) is 10.9. The Hall–Kier alpha value is -3.02. The molecule has 0 atom stereocenters. The van der Waals surface area contributed by atoms with E-state index >= 15 is 0 Å². The number of aromatic nitrogens is 4. The first-order valence-corrected chi connectivity index (χ1v) is 6.45. The summed E-state index contributed by atoms with van der Waals surface area (Å²) < 4.78 is 1.64. The fourth-order valence-corrected chi connectivity index (χ4v) is 1.89. The topological polar surface area (TPSA) is 72.7 Å². The normalized spacial score (nSPS) is 10.3. The summed E-state index contributed by atoms with van der Waals surface area (Å²) in [6.45, 7) is 0.478. The van der Waals surface area contributed by atoms with Crippen molar-refractivity contribution in [3.05, 3.63) is 72.6 Å². The molecule has 2 heterocycles. The van der Waals surface area contributed by atoms with Crippen LogP contribution in [0.4, 0.5) is 0 Å². The second-order valence-corrected chi connectivity index (χ2v) is 4.43. The van der Waals surface area contributed by atoms with Crippen LogP contribution in [0.15, 0.2) is 61.4 Å². The van der Waals surface area contributed by atoms with Gasteiger partial charge in [-0.15, -0.1) is 0 Å². The van der Waals surface area contributed by atoms with Crippen LogP contribution < -0.4 is 5.32 Å². The molecular formula is C15H13N5O. The predicted octanol–water partition coefficient (Wildman–Crippen LogP) is 1.59. The van der Waals surface area contributed by atoms with E-state index in [1.165, 1.54) is 6.33 Å². The van der Waals surface area contributed by atoms with Gasteiger partial charge in [-0.3, -0.25) is 9.78 Å². The molecule has 0 aliphatic rings. The predicted molar refractivity (Wildman–Crippen MR) is 76.8 cm³/mol. The van der Waals surface area contributed by atoms with Crippen molar-refractivity contribution >= 4 is 5.91 Å². The van der Waals surface area contributed by atoms with Gasteiger partial charge in [0.15, 0.2) is 0 Å². The standard InChI is InChI=1S/C15H13N5O/c21-15(18-9-12-5-7-16-8-6-12)13-1-3-14(4-2-13)20-11-17-10-19-20/h1-8,10-11H,9H2,(H,18,21). The SMILES string of the molecule is O=C(NCc1ccncc1)c1ccc(-n2cncn2)cc1. The lowest BCUT2D eigenvalue weighted by Crippen LogP contribution is -2.22. The molecule has 1 N–H and O–H groups in total. The van der Waals surface area contributed by atoms with E-state index in [1.807, 2.05) is 24.3 Å². The molecule has 0 aliphatic carbocycles. The number of carbonyl (C=O) groups is 1. The highest BCUT2D eigenvalue weighted by molar-refractivity contribution is 5.94. The second-order valence-electron chi connectivity index (χ2n) is 4.43. The summed E-state index contributed by atoms with van der Waals surface area (Å²) >= 11 is 0. The van der Waals surface area contributed by atoms with Gasteiger partial charge in [-0.1, -0.05) is 0 Å². The molecule has 0 bridgehead atoms. The third kappa shape index (κ3) is 3.11. The first-order valence-electron chi connectivity index (χ1n) is 6.45. The summed E-state index contributed by atoms with van der Waals surface area (Å²) in [5.74, 6) is -0.114. The number of hydrogen-bond acceptors (Lipinski definition) is 4. The summed E-state index contributed by atoms with van der Waals surface area (Å²) in [6.07, 6.45) is 6.48. The van der Waals surface area contributed by atoms with Crippen LogP contribution in [0.2, 0.25) is 0 Å². The molecule has 21 heavy (non-hydrogen) atoms. The zero-order valence-electron chi connectivity index (χ0n) is 11.2. The van der Waals surface area contributed by atoms with Crippen LogP contribution in [-0.2, 0) is 6.54 Å². The molecule has 0 aliphatic heterocycles. The highest BCUT2D eigenvalue weighted by Gasteiger charge is 2.05. The van der Waals surface area contributed by atoms with Gasteiger partial charge in [0.1, 0.15) is 12.7 Å². The molecule has 0 radical (unpaired) electrons. The molecule has 1 amide bonds. The van der Waals surface area contributed by atoms with E-state index in [-0.39, 0.29) is 5.91 Å². The lowest BCUT2D eigenvalue weighted by Gasteiger charge is -2.06. The maximum atomic E-state index is 12.1. The summed E-state index contributed by atoms with van der Waals surface area (Å²) in [4.78, 5) is 19.9. The number of nitrogens with zero attached hydrogens (tertiary/aromatic N) is 4. The number of amides is 1. The Labute approximate surface area is 121 Å². The van der Waals surface area contributed by atoms with E-state index in [2.05, 4.69) is 20.4 Å². The van der Waals surface area contributed by atoms with E-state index in [4.69, 9.17) is 0 Å². The smallest absolute Gasteiger partial charge is 0.251 e. The van der Waals surface area contributed by atoms with Crippen molar-refractivity contribution in [1.29, 1.82) is 0 Å². The molecule has 3 rings (SSSR count). The van der Waals surface area contributed by atoms with Crippen molar-refractivity contribution in [1.82, 2.24) is 25.1 Å². The van der Waals surface area contributed by atoms with Crippen LogP contribution in [0.3, 0.4) is 0 Å². The molecule has 6 nitrogen and oxygen atoms in total. The zero-order chi connectivity index (χ0) is 14.5. The first kappa shape index (κ1) is 13.0. The highest BCUT2D eigenvalue weighted by Crippen LogP contribution is 2.08. The van der Waals surface area contributed by atoms with E-state index < -0.39 is 0 Å². The van der Waals surface area contributed by atoms with Gasteiger partial charge in [-0.25, -0.2) is 9.67 Å². The largest absolute Gasteiger partial charge is 0.348 e. The van der Waals surface area contributed by atoms with Crippen molar-refractivity contribution < 1.29 is 4.79 Å². The monoisotopic (exact) mass is 279 g/mol. The minimum absolute atomic E-state index is 0.114. The average Bonchev–Trinajstić information content (AvgIpc) is 3.08. The number of benzene rings is 1. The quantitative estimate of drug-likeness (QED) is 0.787. The zero-order valence-corrected chi connectivity index (χ0v) is 11.2. The Morgan fingerprint density at radius 3 is 2.48 bits per heavy atom. The van der Waals surface area contributed by atoms with E-state index in [0.717, 1.165) is 11.3 Å². The Morgan fingerprint density at radius 2 is 1.81 bits per heavy atom. The fraction of sp³-hybridized carbons (Fsp3) is 0.0667. The van der Waals surface area contributed by atoms with Gasteiger partial charge in [0.25, 0.3) is 5.91 Å². The Bertz CT molecular complexity index is 708. The highest BCUT2D eigenvalue weighted by atomic mass is 16.1. The number of pyridine rings is 1. The van der Waals surface area contributed by atoms with Gasteiger partial charge in [0, 0.05) is 24.5 Å². The minimum atomic E-state index is -0.114. The van der Waals surface area contributed by atoms with Gasteiger partial charge in [-0.05, 0) is 42.0 Å². The third-order valence-corrected chi connectivity index (χ3v) is 3.02. The van der Waals surface area contributed by atoms with E-state index in [0.29, 0.717) is 12.1 Å². The van der Waals surface area contributed by atoms with Crippen LogP contribution >= 0.6 is 0 Å². The molecule has 0 unspecified atom stereocenters. The Balaban J connectivity index is 1.65. The molecule has 3 aromatic rings. The molecule has 2 aromatic heterocycles. The van der Waals surface area contributed by atoms with Crippen LogP contribution in [0.25, 0.3) is 5.69 Å². The molecular weight excluding hydrogens is 266 g/mol. The molecule has 0 saturated heterocycles. The second kappa shape index (κ2) is 5.96. The lowest BCUT2D eigenvalue weighted by molar-refractivity contribution is 0.0951. The Morgan fingerprint density at radius 1 is 1.05 bits per heavy atom. The lowest BCUT2D eigenvalue weighted by atomic mass is 10.2. The van der Waals surface area contributed by atoms with Crippen LogP contribution in [-0.4, -0.2) is 25.7 Å². The number of nitrogens with one attached hydrogen (secondary N) is 1. The Kier molecular flexibility index (Phi) is 3.68. The molecule has 0 spiro atoms. The van der Waals surface area contributed by atoms with Gasteiger partial charge in [0.05, 0.1) is 5.69 Å². The van der Waals surface area contributed by atoms with Crippen molar-refractivity contribution in [3.63, 3.8) is 0 Å². The van der Waals surface area contributed by atoms with Gasteiger partial charge < -0.3 is 5.32 Å². The molecule has 0 saturated carbocycles. The summed E-state index contributed by atoms with van der Waals surface area (Å²) in [5.41, 5.74) is 2.48. The van der Waals surface area contributed by atoms with Crippen molar-refractivity contribution in [2.75, 3.05) is 0 Å². The van der Waals surface area contributed by atoms with Crippen molar-refractivity contribution in [2.45, 2.75) is 6.54 Å². The van der Waals surface area contributed by atoms with Crippen LogP contribution in [0.1, 0.15) is 15.9 Å². The molecule has 6 heteroatoms. The van der Waals surface area contributed by atoms with E-state index in [9.17, 15) is 4.79 Å². The van der Waals surface area contributed by atoms with Gasteiger partial charge in [0.2, 0.25) is 0 Å². The summed E-state index contributed by atoms with van der Waals surface area (Å²) in [5, 5.41) is 6.90. The van der Waals surface area contributed by atoms with Gasteiger partial charge >= 0.3 is 0 Å².